The van der Waals surface area contributed by atoms with E-state index < -0.39 is 105 Å². The standard InChI is InChI=1S/C23H21Cl2FN2O5S.C23H24Cl2N2O3.C21H18Cl3F3N2O3S.C19H17BCl3NO3/c1-22(15-6-17(24)21(26)18(25)7-15)8-19(27-33-22)13-3-4-16-14(5-13)9-32-23(16)11-28(12-23)20(29)10-34(2,30)31;1-4-26-22(29)8-7-21(28)19-6-5-15(9-14(19)2)20-13-23(3,30-27-20)16-10-17(24)12-18(25)11-16;1-10-5-16(33-18(10)19(31)28-9-12(30)3-4-21(25,26)27)15-8-20(2,32-29-15)11-6-13(22)17(24)14(23)7-11;1-18(2)12-6-10(4-5-13(12)20(25)26-18)16-9-19(3,27-24-16)11-7-14(21)17(23)15(22)8-11/h3-7H,8-12H2,1-2H3;5-6,9-12H,4,7-8,13H2,1-3H3,(H,26,29);5-7H,3-4,8-9H2,1-2H3,(H,28,31);4-8,25H,9H2,1-3H3/t22-;23-;20-;19-/m0000/s1. The zero-order valence-corrected chi connectivity index (χ0v) is 77.2. The van der Waals surface area contributed by atoms with Crippen LogP contribution < -0.4 is 16.1 Å². The maximum atomic E-state index is 13.8. The van der Waals surface area contributed by atoms with Crippen molar-refractivity contribution in [2.75, 3.05) is 38.2 Å². The van der Waals surface area contributed by atoms with Gasteiger partial charge in [0.1, 0.15) is 17.1 Å². The highest BCUT2D eigenvalue weighted by atomic mass is 35.5. The number of rotatable bonds is 20. The van der Waals surface area contributed by atoms with Crippen LogP contribution in [-0.2, 0) is 93.2 Å². The number of ketones is 2. The molecule has 21 nitrogen and oxygen atoms in total. The van der Waals surface area contributed by atoms with E-state index in [1.807, 2.05) is 116 Å². The number of thiophene rings is 1. The van der Waals surface area contributed by atoms with Gasteiger partial charge in [0.15, 0.2) is 49.6 Å². The van der Waals surface area contributed by atoms with Crippen LogP contribution in [0.4, 0.5) is 17.6 Å². The van der Waals surface area contributed by atoms with Gasteiger partial charge in [-0.25, -0.2) is 12.8 Å². The van der Waals surface area contributed by atoms with Crippen LogP contribution in [0.3, 0.4) is 0 Å². The molecule has 15 rings (SSSR count). The summed E-state index contributed by atoms with van der Waals surface area (Å²) < 4.78 is 85.0. The van der Waals surface area contributed by atoms with Crippen molar-refractivity contribution < 1.29 is 83.7 Å². The predicted molar refractivity (Wildman–Crippen MR) is 477 cm³/mol. The highest BCUT2D eigenvalue weighted by Gasteiger charge is 2.53. The molecular formula is C86H80BCl10F4N7O14S2. The van der Waals surface area contributed by atoms with Gasteiger partial charge in [-0.15, -0.1) is 11.3 Å². The molecule has 656 valence electrons. The van der Waals surface area contributed by atoms with Crippen molar-refractivity contribution in [1.29, 1.82) is 0 Å². The van der Waals surface area contributed by atoms with Crippen LogP contribution in [0, 0.1) is 19.7 Å². The van der Waals surface area contributed by atoms with Crippen LogP contribution in [0.2, 0.25) is 50.2 Å². The molecule has 124 heavy (non-hydrogen) atoms. The van der Waals surface area contributed by atoms with E-state index in [0.717, 1.165) is 90.3 Å². The van der Waals surface area contributed by atoms with Gasteiger partial charge in [0.25, 0.3) is 5.91 Å². The van der Waals surface area contributed by atoms with Crippen molar-refractivity contribution >= 4 is 202 Å². The van der Waals surface area contributed by atoms with E-state index in [0.29, 0.717) is 115 Å². The molecule has 38 heteroatoms. The van der Waals surface area contributed by atoms with E-state index in [2.05, 4.69) is 31.3 Å². The van der Waals surface area contributed by atoms with Gasteiger partial charge in [0.05, 0.1) is 105 Å². The number of likely N-dealkylation sites (tertiary alicyclic amines) is 1. The summed E-state index contributed by atoms with van der Waals surface area (Å²) in [6, 6.07) is 34.2. The molecule has 8 heterocycles. The quantitative estimate of drug-likeness (QED) is 0.0277. The molecule has 0 unspecified atom stereocenters. The highest BCUT2D eigenvalue weighted by Crippen LogP contribution is 2.49. The number of benzene rings is 7. The molecule has 4 atom stereocenters. The molecule has 7 aromatic carbocycles. The number of aryl methyl sites for hydroxylation is 2. The summed E-state index contributed by atoms with van der Waals surface area (Å²) in [5.74, 6) is -2.99. The third-order valence-corrected chi connectivity index (χ3v) is 27.3. The first-order valence-electron chi connectivity index (χ1n) is 38.5. The minimum atomic E-state index is -4.42. The third kappa shape index (κ3) is 21.7. The first-order valence-corrected chi connectivity index (χ1v) is 45.2. The van der Waals surface area contributed by atoms with Crippen molar-refractivity contribution in [3.63, 3.8) is 0 Å². The normalized spacial score (nSPS) is 20.5. The number of fused-ring (bicyclic) bond motifs is 3. The number of amides is 3. The summed E-state index contributed by atoms with van der Waals surface area (Å²) >= 11 is 62.0. The number of hydrogen-bond acceptors (Lipinski definition) is 19. The number of oxime groups is 4. The first kappa shape index (κ1) is 95.5. The van der Waals surface area contributed by atoms with Crippen molar-refractivity contribution in [1.82, 2.24) is 15.5 Å². The van der Waals surface area contributed by atoms with E-state index >= 15 is 0 Å². The SMILES string of the molecule is CC1(C)OB(O)c2ccc(C3=NO[C@](C)(c4cc(Cl)c(Cl)c(Cl)c4)C3)cc21.CCNC(=O)CCC(=O)c1ccc(C2=NO[C@](C)(c3cc(Cl)cc(Cl)c3)C2)cc1C.C[C@@]1(c2cc(Cl)c(F)c(Cl)c2)CC(c2ccc3c(c2)COC32CN(C(=O)CS(C)(=O)=O)C2)=NO1.Cc1cc(C2=NO[C@](C)(c3cc(Cl)c(Cl)c(Cl)c3)C2)sc1C(=O)NCC(=O)CCC(F)(F)F. The lowest BCUT2D eigenvalue weighted by Gasteiger charge is -2.47. The molecule has 8 aromatic rings. The Bertz CT molecular complexity index is 5810. The number of Topliss-reactive ketones (excluding diaryl/α,β-unsaturated/α-hetero) is 2. The summed E-state index contributed by atoms with van der Waals surface area (Å²) in [5, 5.41) is 35.0. The number of sulfone groups is 1. The Labute approximate surface area is 767 Å². The molecule has 7 aliphatic heterocycles. The molecule has 0 radical (unpaired) electrons. The van der Waals surface area contributed by atoms with Gasteiger partial charge >= 0.3 is 13.3 Å². The topological polar surface area (TPSA) is 272 Å². The Morgan fingerprint density at radius 1 is 0.573 bits per heavy atom. The summed E-state index contributed by atoms with van der Waals surface area (Å²) in [7, 11) is -4.29. The summed E-state index contributed by atoms with van der Waals surface area (Å²) in [6.07, 6.45) is -2.99. The van der Waals surface area contributed by atoms with Gasteiger partial charge in [-0.3, -0.25) is 24.0 Å². The zero-order valence-electron chi connectivity index (χ0n) is 68.0. The minimum Gasteiger partial charge on any atom is -0.423 e. The number of nitrogens with zero attached hydrogens (tertiary/aromatic N) is 5. The maximum absolute atomic E-state index is 13.8. The zero-order chi connectivity index (χ0) is 90.5. The van der Waals surface area contributed by atoms with Crippen molar-refractivity contribution in [3.05, 3.63) is 253 Å². The lowest BCUT2D eigenvalue weighted by molar-refractivity contribution is -0.166. The van der Waals surface area contributed by atoms with E-state index in [1.54, 1.807) is 49.4 Å². The molecule has 0 saturated carbocycles. The number of carbonyl (C=O) groups excluding carboxylic acids is 5. The molecule has 0 aliphatic carbocycles. The fourth-order valence-corrected chi connectivity index (χ4v) is 18.8. The Kier molecular flexibility index (Phi) is 29.0. The molecule has 3 N–H and O–H groups in total. The molecule has 7 aliphatic rings. The number of alkyl halides is 3. The monoisotopic (exact) mass is 1940 g/mol. The van der Waals surface area contributed by atoms with E-state index in [-0.39, 0.29) is 49.6 Å². The first-order chi connectivity index (χ1) is 58.0. The lowest BCUT2D eigenvalue weighted by atomic mass is 9.77. The van der Waals surface area contributed by atoms with Crippen molar-refractivity contribution in [3.8, 4) is 0 Å². The average Bonchev–Trinajstić information content (AvgIpc) is 1.56. The van der Waals surface area contributed by atoms with Gasteiger partial charge in [-0.1, -0.05) is 173 Å². The number of halogens is 14. The van der Waals surface area contributed by atoms with Gasteiger partial charge in [-0.05, 0) is 191 Å². The van der Waals surface area contributed by atoms with E-state index in [1.165, 1.54) is 17.0 Å². The molecule has 1 saturated heterocycles. The largest absolute Gasteiger partial charge is 0.492 e. The Hall–Kier alpha value is -7.62. The molecule has 1 aromatic heterocycles. The van der Waals surface area contributed by atoms with Crippen LogP contribution in [0.1, 0.15) is 192 Å². The van der Waals surface area contributed by atoms with Gasteiger partial charge in [0.2, 0.25) is 11.8 Å². The second-order valence-electron chi connectivity index (χ2n) is 32.2. The average molecular weight is 1940 g/mol. The Morgan fingerprint density at radius 3 is 1.54 bits per heavy atom. The van der Waals surface area contributed by atoms with Crippen LogP contribution in [0.15, 0.2) is 136 Å². The van der Waals surface area contributed by atoms with Crippen LogP contribution in [0.25, 0.3) is 0 Å². The van der Waals surface area contributed by atoms with Crippen LogP contribution >= 0.6 is 127 Å². The summed E-state index contributed by atoms with van der Waals surface area (Å²) in [5.41, 5.74) is 10.1. The smallest absolute Gasteiger partial charge is 0.423 e. The summed E-state index contributed by atoms with van der Waals surface area (Å²) in [4.78, 5) is 85.9. The second-order valence-corrected chi connectivity index (χ2v) is 39.5. The number of nitrogens with one attached hydrogen (secondary N) is 2. The van der Waals surface area contributed by atoms with Crippen LogP contribution in [0.5, 0.6) is 0 Å². The van der Waals surface area contributed by atoms with Crippen molar-refractivity contribution in [2.45, 2.75) is 160 Å². The molecular weight excluding hydrogens is 1860 g/mol. The molecule has 3 amide bonds. The van der Waals surface area contributed by atoms with E-state index in [4.69, 9.17) is 145 Å². The van der Waals surface area contributed by atoms with E-state index in [9.17, 15) is 55.0 Å². The predicted octanol–water partition coefficient (Wildman–Crippen LogP) is 20.6. The fraction of sp³-hybridized carbons (Fsp3) is 0.360. The maximum Gasteiger partial charge on any atom is 0.492 e. The lowest BCUT2D eigenvalue weighted by Crippen LogP contribution is -2.62. The van der Waals surface area contributed by atoms with Gasteiger partial charge in [0, 0.05) is 95.6 Å². The molecule has 1 fully saturated rings. The number of ether oxygens (including phenoxy) is 1. The van der Waals surface area contributed by atoms with Crippen molar-refractivity contribution in [2.24, 2.45) is 20.6 Å². The van der Waals surface area contributed by atoms with Gasteiger partial charge < -0.3 is 49.3 Å². The van der Waals surface area contributed by atoms with Crippen LogP contribution in [-0.4, -0.2) is 122 Å². The fourth-order valence-electron chi connectivity index (χ4n) is 14.9. The molecule has 1 spiro atoms. The summed E-state index contributed by atoms with van der Waals surface area (Å²) in [6.45, 7) is 18.0. The Balaban J connectivity index is 0.000000151. The molecule has 0 bridgehead atoms. The third-order valence-electron chi connectivity index (χ3n) is 21.8. The Morgan fingerprint density at radius 2 is 1.04 bits per heavy atom. The second kappa shape index (κ2) is 37.6. The number of carbonyl (C=O) groups is 5. The highest BCUT2D eigenvalue weighted by molar-refractivity contribution is 7.91. The number of hydrogen-bond donors (Lipinski definition) is 3. The minimum absolute atomic E-state index is 0.0479. The van der Waals surface area contributed by atoms with Gasteiger partial charge in [-0.2, -0.15) is 13.2 Å².